The van der Waals surface area contributed by atoms with Gasteiger partial charge in [-0.25, -0.2) is 4.98 Å². The van der Waals surface area contributed by atoms with Crippen molar-refractivity contribution in [3.05, 3.63) is 29.6 Å². The Labute approximate surface area is 96.5 Å². The Balaban J connectivity index is 1.92. The summed E-state index contributed by atoms with van der Waals surface area (Å²) in [7, 11) is 0. The van der Waals surface area contributed by atoms with E-state index in [0.717, 1.165) is 18.0 Å². The van der Waals surface area contributed by atoms with Crippen LogP contribution < -0.4 is 5.32 Å². The maximum absolute atomic E-state index is 8.91. The maximum atomic E-state index is 8.91. The lowest BCUT2D eigenvalue weighted by atomic mass is 10.1. The van der Waals surface area contributed by atoms with E-state index in [1.54, 1.807) is 6.20 Å². The number of aromatic nitrogens is 1. The minimum absolute atomic E-state index is 0.543. The van der Waals surface area contributed by atoms with Crippen molar-refractivity contribution >= 4 is 0 Å². The lowest BCUT2D eigenvalue weighted by Gasteiger charge is -2.12. The maximum Gasteiger partial charge on any atom is 0.144 e. The van der Waals surface area contributed by atoms with Gasteiger partial charge in [-0.3, -0.25) is 0 Å². The van der Waals surface area contributed by atoms with Gasteiger partial charge in [0.15, 0.2) is 0 Å². The molecule has 1 aliphatic rings. The van der Waals surface area contributed by atoms with Gasteiger partial charge in [-0.2, -0.15) is 5.26 Å². The average Bonchev–Trinajstić information content (AvgIpc) is 2.73. The lowest BCUT2D eigenvalue weighted by molar-refractivity contribution is 0.501. The summed E-state index contributed by atoms with van der Waals surface area (Å²) < 4.78 is 0. The summed E-state index contributed by atoms with van der Waals surface area (Å²) in [6.45, 7) is 3.06. The average molecular weight is 215 g/mol. The second kappa shape index (κ2) is 5.09. The second-order valence-corrected chi connectivity index (χ2v) is 4.62. The third kappa shape index (κ3) is 2.59. The minimum atomic E-state index is 0.543. The summed E-state index contributed by atoms with van der Waals surface area (Å²) in [5, 5.41) is 12.4. The van der Waals surface area contributed by atoms with Gasteiger partial charge in [0.1, 0.15) is 11.8 Å². The van der Waals surface area contributed by atoms with Crippen molar-refractivity contribution in [1.29, 1.82) is 5.26 Å². The van der Waals surface area contributed by atoms with Crippen LogP contribution in [0.25, 0.3) is 0 Å². The van der Waals surface area contributed by atoms with Gasteiger partial charge in [0.2, 0.25) is 0 Å². The molecule has 0 amide bonds. The van der Waals surface area contributed by atoms with Crippen LogP contribution in [0.1, 0.15) is 37.4 Å². The van der Waals surface area contributed by atoms with E-state index >= 15 is 0 Å². The zero-order valence-corrected chi connectivity index (χ0v) is 9.61. The molecule has 2 atom stereocenters. The largest absolute Gasteiger partial charge is 0.310 e. The van der Waals surface area contributed by atoms with Crippen LogP contribution in [-0.2, 0) is 6.54 Å². The number of pyridine rings is 1. The Kier molecular flexibility index (Phi) is 3.53. The Morgan fingerprint density at radius 2 is 2.44 bits per heavy atom. The molecule has 0 aliphatic heterocycles. The zero-order valence-electron chi connectivity index (χ0n) is 9.61. The molecule has 2 unspecified atom stereocenters. The topological polar surface area (TPSA) is 48.7 Å². The van der Waals surface area contributed by atoms with Crippen LogP contribution in [0.5, 0.6) is 0 Å². The van der Waals surface area contributed by atoms with E-state index in [1.807, 2.05) is 12.1 Å². The van der Waals surface area contributed by atoms with E-state index in [1.165, 1.54) is 19.3 Å². The van der Waals surface area contributed by atoms with E-state index in [2.05, 4.69) is 23.3 Å². The molecule has 3 nitrogen and oxygen atoms in total. The monoisotopic (exact) mass is 215 g/mol. The zero-order chi connectivity index (χ0) is 11.4. The van der Waals surface area contributed by atoms with Crippen LogP contribution in [0.4, 0.5) is 0 Å². The third-order valence-electron chi connectivity index (χ3n) is 3.27. The summed E-state index contributed by atoms with van der Waals surface area (Å²) in [4.78, 5) is 4.06. The van der Waals surface area contributed by atoms with Crippen LogP contribution in [0.3, 0.4) is 0 Å². The summed E-state index contributed by atoms with van der Waals surface area (Å²) in [6, 6.07) is 6.59. The van der Waals surface area contributed by atoms with Gasteiger partial charge < -0.3 is 5.32 Å². The number of nitriles is 1. The molecule has 1 N–H and O–H groups in total. The van der Waals surface area contributed by atoms with Crippen molar-refractivity contribution in [3.63, 3.8) is 0 Å². The molecule has 16 heavy (non-hydrogen) atoms. The molecule has 0 radical (unpaired) electrons. The molecular weight excluding hydrogens is 198 g/mol. The number of nitrogens with one attached hydrogen (secondary N) is 1. The van der Waals surface area contributed by atoms with E-state index in [0.29, 0.717) is 11.7 Å². The first-order valence-corrected chi connectivity index (χ1v) is 5.87. The van der Waals surface area contributed by atoms with Crippen LogP contribution in [0.15, 0.2) is 18.3 Å². The van der Waals surface area contributed by atoms with E-state index < -0.39 is 0 Å². The molecule has 84 valence electrons. The molecule has 1 aromatic rings. The van der Waals surface area contributed by atoms with Crippen molar-refractivity contribution in [2.75, 3.05) is 0 Å². The molecular formula is C13H17N3. The van der Waals surface area contributed by atoms with E-state index in [9.17, 15) is 0 Å². The Morgan fingerprint density at radius 3 is 3.12 bits per heavy atom. The highest BCUT2D eigenvalue weighted by Gasteiger charge is 2.20. The summed E-state index contributed by atoms with van der Waals surface area (Å²) in [6.07, 6.45) is 5.49. The first-order chi connectivity index (χ1) is 7.79. The molecule has 0 bridgehead atoms. The minimum Gasteiger partial charge on any atom is -0.310 e. The Bertz CT molecular complexity index is 394. The van der Waals surface area contributed by atoms with Crippen molar-refractivity contribution in [2.45, 2.75) is 38.8 Å². The fourth-order valence-corrected chi connectivity index (χ4v) is 2.33. The predicted octanol–water partition coefficient (Wildman–Crippen LogP) is 2.23. The van der Waals surface area contributed by atoms with Crippen molar-refractivity contribution < 1.29 is 0 Å². The lowest BCUT2D eigenvalue weighted by Crippen LogP contribution is -2.26. The van der Waals surface area contributed by atoms with Crippen molar-refractivity contribution in [3.8, 4) is 6.07 Å². The van der Waals surface area contributed by atoms with Crippen molar-refractivity contribution in [1.82, 2.24) is 10.3 Å². The quantitative estimate of drug-likeness (QED) is 0.841. The predicted molar refractivity (Wildman–Crippen MR) is 62.6 cm³/mol. The number of rotatable bonds is 3. The first-order valence-electron chi connectivity index (χ1n) is 5.87. The molecule has 1 heterocycles. The fourth-order valence-electron chi connectivity index (χ4n) is 2.33. The highest BCUT2D eigenvalue weighted by Crippen LogP contribution is 2.24. The molecule has 1 aromatic heterocycles. The van der Waals surface area contributed by atoms with Crippen LogP contribution in [-0.4, -0.2) is 11.0 Å². The molecule has 2 rings (SSSR count). The van der Waals surface area contributed by atoms with Crippen LogP contribution in [0, 0.1) is 17.2 Å². The molecule has 1 saturated carbocycles. The Morgan fingerprint density at radius 1 is 1.56 bits per heavy atom. The second-order valence-electron chi connectivity index (χ2n) is 4.62. The molecule has 0 saturated heterocycles. The van der Waals surface area contributed by atoms with E-state index in [4.69, 9.17) is 5.26 Å². The number of hydrogen-bond donors (Lipinski definition) is 1. The smallest absolute Gasteiger partial charge is 0.144 e. The normalized spacial score (nSPS) is 24.2. The summed E-state index contributed by atoms with van der Waals surface area (Å²) in [5.41, 5.74) is 1.55. The molecule has 3 heteroatoms. The first kappa shape index (κ1) is 11.1. The molecule has 1 aliphatic carbocycles. The SMILES string of the molecule is CC1CCC(NCc2cccnc2C#N)C1. The molecule has 1 fully saturated rings. The van der Waals surface area contributed by atoms with Gasteiger partial charge in [-0.15, -0.1) is 0 Å². The standard InChI is InChI=1S/C13H17N3/c1-10-4-5-12(7-10)16-9-11-3-2-6-15-13(11)8-14/h2-3,6,10,12,16H,4-5,7,9H2,1H3. The van der Waals surface area contributed by atoms with E-state index in [-0.39, 0.29) is 0 Å². The number of hydrogen-bond acceptors (Lipinski definition) is 3. The van der Waals surface area contributed by atoms with Gasteiger partial charge in [-0.05, 0) is 31.2 Å². The Hall–Kier alpha value is -1.40. The van der Waals surface area contributed by atoms with Gasteiger partial charge in [0, 0.05) is 24.3 Å². The number of nitrogens with zero attached hydrogens (tertiary/aromatic N) is 2. The van der Waals surface area contributed by atoms with Crippen LogP contribution >= 0.6 is 0 Å². The molecule has 0 aromatic carbocycles. The van der Waals surface area contributed by atoms with Gasteiger partial charge in [0.05, 0.1) is 0 Å². The van der Waals surface area contributed by atoms with Crippen LogP contribution in [0.2, 0.25) is 0 Å². The van der Waals surface area contributed by atoms with Gasteiger partial charge in [0.25, 0.3) is 0 Å². The molecule has 0 spiro atoms. The van der Waals surface area contributed by atoms with Gasteiger partial charge >= 0.3 is 0 Å². The summed E-state index contributed by atoms with van der Waals surface area (Å²) in [5.74, 6) is 0.835. The third-order valence-corrected chi connectivity index (χ3v) is 3.27. The van der Waals surface area contributed by atoms with Crippen molar-refractivity contribution in [2.24, 2.45) is 5.92 Å². The highest BCUT2D eigenvalue weighted by molar-refractivity contribution is 5.30. The highest BCUT2D eigenvalue weighted by atomic mass is 14.9. The fraction of sp³-hybridized carbons (Fsp3) is 0.538. The van der Waals surface area contributed by atoms with Gasteiger partial charge in [-0.1, -0.05) is 13.0 Å². The summed E-state index contributed by atoms with van der Waals surface area (Å²) >= 11 is 0.